The Balaban J connectivity index is 1.50. The number of halogens is 1. The molecule has 0 bridgehead atoms. The molecule has 2 aromatic rings. The number of phosphoric ester groups is 1. The predicted molar refractivity (Wildman–Crippen MR) is 152 cm³/mol. The summed E-state index contributed by atoms with van der Waals surface area (Å²) in [5.41, 5.74) is -0.526. The highest BCUT2D eigenvalue weighted by atomic mass is 79.9. The number of benzene rings is 1. The van der Waals surface area contributed by atoms with Gasteiger partial charge < -0.3 is 24.1 Å². The van der Waals surface area contributed by atoms with E-state index >= 15 is 0 Å². The van der Waals surface area contributed by atoms with Crippen LogP contribution in [0.5, 0.6) is 5.75 Å². The van der Waals surface area contributed by atoms with Crippen molar-refractivity contribution in [1.82, 2.24) is 14.9 Å². The number of aryl methyl sites for hydroxylation is 1. The zero-order valence-corrected chi connectivity index (χ0v) is 25.8. The van der Waals surface area contributed by atoms with Gasteiger partial charge >= 0.3 is 25.6 Å². The summed E-state index contributed by atoms with van der Waals surface area (Å²) in [5, 5.41) is 2.31. The summed E-state index contributed by atoms with van der Waals surface area (Å²) in [6, 6.07) is 5.39. The normalized spacial score (nSPS) is 23.7. The minimum atomic E-state index is -4.08. The van der Waals surface area contributed by atoms with Crippen molar-refractivity contribution in [3.8, 4) is 5.75 Å². The Morgan fingerprint density at radius 3 is 2.76 bits per heavy atom. The summed E-state index contributed by atoms with van der Waals surface area (Å²) in [6.07, 6.45) is -1.17. The fraction of sp³-hybridized carbons (Fsp3) is 0.462. The van der Waals surface area contributed by atoms with Crippen molar-refractivity contribution in [3.63, 3.8) is 0 Å². The Kier molecular flexibility index (Phi) is 9.78. The van der Waals surface area contributed by atoms with Crippen LogP contribution in [0.4, 0.5) is 4.79 Å². The van der Waals surface area contributed by atoms with Crippen LogP contribution < -0.4 is 21.1 Å². The molecule has 1 saturated heterocycles. The number of hydrogen-bond donors (Lipinski definition) is 2. The van der Waals surface area contributed by atoms with E-state index in [0.29, 0.717) is 11.3 Å². The summed E-state index contributed by atoms with van der Waals surface area (Å²) in [5.74, 6) is -0.432. The second kappa shape index (κ2) is 13.0. The molecule has 1 fully saturated rings. The number of alkyl carbamates (subject to hydrolysis) is 1. The number of rotatable bonds is 8. The predicted octanol–water partition coefficient (Wildman–Crippen LogP) is 3.67. The summed E-state index contributed by atoms with van der Waals surface area (Å²) in [7, 11) is -4.08. The molecule has 0 radical (unpaired) electrons. The lowest BCUT2D eigenvalue weighted by atomic mass is 10.1. The molecule has 2 aliphatic heterocycles. The average molecular weight is 672 g/mol. The van der Waals surface area contributed by atoms with Crippen LogP contribution in [-0.4, -0.2) is 52.6 Å². The highest BCUT2D eigenvalue weighted by Gasteiger charge is 2.43. The van der Waals surface area contributed by atoms with Crippen molar-refractivity contribution in [1.29, 1.82) is 0 Å². The van der Waals surface area contributed by atoms with Crippen molar-refractivity contribution in [2.45, 2.75) is 64.8 Å². The van der Waals surface area contributed by atoms with Crippen molar-refractivity contribution in [2.24, 2.45) is 0 Å². The maximum absolute atomic E-state index is 13.3. The Hall–Kier alpha value is -3.23. The highest BCUT2D eigenvalue weighted by molar-refractivity contribution is 9.11. The fourth-order valence-corrected chi connectivity index (χ4v) is 5.76. The van der Waals surface area contributed by atoms with Crippen LogP contribution in [0.3, 0.4) is 0 Å². The van der Waals surface area contributed by atoms with E-state index in [0.717, 1.165) is 10.1 Å². The zero-order chi connectivity index (χ0) is 30.7. The first-order chi connectivity index (χ1) is 19.8. The van der Waals surface area contributed by atoms with Gasteiger partial charge in [-0.1, -0.05) is 34.1 Å². The third-order valence-electron chi connectivity index (χ3n) is 6.06. The maximum Gasteiger partial charge on any atom is 0.530 e. The lowest BCUT2D eigenvalue weighted by Crippen LogP contribution is -2.38. The highest BCUT2D eigenvalue weighted by Crippen LogP contribution is 2.55. The minimum absolute atomic E-state index is 0.00612. The van der Waals surface area contributed by atoms with Gasteiger partial charge in [-0.05, 0) is 44.3 Å². The van der Waals surface area contributed by atoms with E-state index in [2.05, 4.69) is 26.2 Å². The number of fused-ring (bicyclic) bond motifs is 1. The Morgan fingerprint density at radius 2 is 2.05 bits per heavy atom. The van der Waals surface area contributed by atoms with Gasteiger partial charge in [0, 0.05) is 18.2 Å². The largest absolute Gasteiger partial charge is 0.530 e. The van der Waals surface area contributed by atoms with Crippen molar-refractivity contribution >= 4 is 41.9 Å². The number of carbonyl (C=O) groups is 2. The van der Waals surface area contributed by atoms with Crippen LogP contribution >= 0.6 is 23.8 Å². The SMILES string of the molecule is Cc1cccc2c1OP(=O)(OC[C@H]1O[C@@H](n3cc(/C=C/Br)c(=O)[nH]c3=O)C[C@@H]1OC(=O)CNC(=O)OC(C)(C)C)OC2. The summed E-state index contributed by atoms with van der Waals surface area (Å²) < 4.78 is 47.7. The molecule has 16 heteroatoms. The molecule has 1 unspecified atom stereocenters. The van der Waals surface area contributed by atoms with Crippen molar-refractivity contribution in [2.75, 3.05) is 13.2 Å². The van der Waals surface area contributed by atoms with E-state index in [-0.39, 0.29) is 18.6 Å². The Morgan fingerprint density at radius 1 is 1.29 bits per heavy atom. The second-order valence-corrected chi connectivity index (χ2v) is 12.6. The summed E-state index contributed by atoms with van der Waals surface area (Å²) >= 11 is 3.10. The molecule has 2 aliphatic rings. The van der Waals surface area contributed by atoms with Gasteiger partial charge in [0.25, 0.3) is 5.56 Å². The first-order valence-corrected chi connectivity index (χ1v) is 15.3. The average Bonchev–Trinajstić information content (AvgIpc) is 3.30. The van der Waals surface area contributed by atoms with Crippen LogP contribution in [0.15, 0.2) is 39.0 Å². The van der Waals surface area contributed by atoms with Crippen LogP contribution in [-0.2, 0) is 39.2 Å². The third-order valence-corrected chi connectivity index (χ3v) is 7.64. The first-order valence-electron chi connectivity index (χ1n) is 12.9. The van der Waals surface area contributed by atoms with Crippen molar-refractivity contribution < 1.29 is 41.9 Å². The van der Waals surface area contributed by atoms with E-state index in [9.17, 15) is 23.7 Å². The molecule has 0 spiro atoms. The van der Waals surface area contributed by atoms with Gasteiger partial charge in [-0.2, -0.15) is 0 Å². The van der Waals surface area contributed by atoms with E-state index in [1.54, 1.807) is 39.8 Å². The molecule has 2 N–H and O–H groups in total. The molecule has 228 valence electrons. The van der Waals surface area contributed by atoms with Gasteiger partial charge in [-0.25, -0.2) is 14.2 Å². The number of nitrogens with one attached hydrogen (secondary N) is 2. The summed E-state index contributed by atoms with van der Waals surface area (Å²) in [4.78, 5) is 53.0. The fourth-order valence-electron chi connectivity index (χ4n) is 4.19. The molecule has 4 rings (SSSR count). The minimum Gasteiger partial charge on any atom is -0.458 e. The standard InChI is InChI=1S/C26H31BrN3O11P/c1-15-6-5-7-17-13-36-42(35,41-22(15)17)37-14-19-18(39-21(31)11-28-25(34)40-26(2,3)4)10-20(38-19)30-12-16(8-9-27)23(32)29-24(30)33/h5-9,12,18-20H,10-11,13-14H2,1-4H3,(H,28,34)(H,29,32,33)/b9-8+/t18-,19+,20+,42?/m0/s1. The lowest BCUT2D eigenvalue weighted by molar-refractivity contribution is -0.151. The number of para-hydroxylation sites is 1. The smallest absolute Gasteiger partial charge is 0.458 e. The molecule has 1 aromatic carbocycles. The number of hydrogen-bond acceptors (Lipinski definition) is 11. The number of aromatic nitrogens is 2. The van der Waals surface area contributed by atoms with Crippen LogP contribution in [0.2, 0.25) is 0 Å². The van der Waals surface area contributed by atoms with Gasteiger partial charge in [0.2, 0.25) is 0 Å². The number of nitrogens with zero attached hydrogens (tertiary/aromatic N) is 1. The monoisotopic (exact) mass is 671 g/mol. The van der Waals surface area contributed by atoms with Gasteiger partial charge in [0.05, 0.1) is 18.8 Å². The molecule has 1 aromatic heterocycles. The number of amides is 1. The number of phosphoric acid groups is 1. The Labute approximate surface area is 249 Å². The summed E-state index contributed by atoms with van der Waals surface area (Å²) in [6.45, 7) is 5.90. The molecule has 1 amide bonds. The lowest BCUT2D eigenvalue weighted by Gasteiger charge is -2.27. The van der Waals surface area contributed by atoms with Crippen LogP contribution in [0, 0.1) is 6.92 Å². The molecule has 0 aliphatic carbocycles. The van der Waals surface area contributed by atoms with Crippen LogP contribution in [0.1, 0.15) is 50.1 Å². The molecule has 3 heterocycles. The van der Waals surface area contributed by atoms with Crippen molar-refractivity contribution in [3.05, 3.63) is 66.9 Å². The maximum atomic E-state index is 13.3. The van der Waals surface area contributed by atoms with E-state index in [1.807, 2.05) is 6.07 Å². The second-order valence-electron chi connectivity index (χ2n) is 10.5. The van der Waals surface area contributed by atoms with Gasteiger partial charge in [-0.15, -0.1) is 0 Å². The number of H-pyrrole nitrogens is 1. The van der Waals surface area contributed by atoms with Gasteiger partial charge in [0.1, 0.15) is 36.3 Å². The molecular formula is C26H31BrN3O11P. The van der Waals surface area contributed by atoms with E-state index in [1.165, 1.54) is 17.3 Å². The molecule has 42 heavy (non-hydrogen) atoms. The number of aromatic amines is 1. The first kappa shape index (κ1) is 31.7. The van der Waals surface area contributed by atoms with E-state index in [4.69, 9.17) is 27.8 Å². The zero-order valence-electron chi connectivity index (χ0n) is 23.3. The molecular weight excluding hydrogens is 641 g/mol. The van der Waals surface area contributed by atoms with Gasteiger partial charge in [-0.3, -0.25) is 28.2 Å². The topological polar surface area (TPSA) is 173 Å². The van der Waals surface area contributed by atoms with Crippen LogP contribution in [0.25, 0.3) is 6.08 Å². The molecule has 4 atom stereocenters. The number of esters is 1. The third kappa shape index (κ3) is 7.98. The molecule has 14 nitrogen and oxygen atoms in total. The molecule has 0 saturated carbocycles. The quantitative estimate of drug-likeness (QED) is 0.310. The Bertz CT molecular complexity index is 1530. The van der Waals surface area contributed by atoms with E-state index < -0.39 is 68.3 Å². The van der Waals surface area contributed by atoms with Gasteiger partial charge in [0.15, 0.2) is 0 Å². The number of carbonyl (C=O) groups excluding carboxylic acids is 2. The number of ether oxygens (including phenoxy) is 3.